The minimum atomic E-state index is -3.60. The number of hydrogen-bond donors (Lipinski definition) is 1. The molecule has 1 aliphatic heterocycles. The highest BCUT2D eigenvalue weighted by Gasteiger charge is 2.31. The number of imidazole rings is 1. The third kappa shape index (κ3) is 5.13. The van der Waals surface area contributed by atoms with Crippen molar-refractivity contribution < 1.29 is 22.7 Å². The Hall–Kier alpha value is -3.24. The summed E-state index contributed by atoms with van der Waals surface area (Å²) in [5.41, 5.74) is 2.04. The van der Waals surface area contributed by atoms with Crippen molar-refractivity contribution >= 4 is 33.2 Å². The number of hydrogen-bond acceptors (Lipinski definition) is 6. The molecule has 0 bridgehead atoms. The Labute approximate surface area is 198 Å². The van der Waals surface area contributed by atoms with Crippen LogP contribution in [0.25, 0.3) is 5.65 Å². The van der Waals surface area contributed by atoms with Crippen LogP contribution in [-0.2, 0) is 19.6 Å². The molecule has 0 aliphatic carbocycles. The van der Waals surface area contributed by atoms with Crippen LogP contribution in [0.4, 0.5) is 5.69 Å². The molecule has 1 N–H and O–H groups in total. The summed E-state index contributed by atoms with van der Waals surface area (Å²) in [5, 5.41) is 2.61. The van der Waals surface area contributed by atoms with Gasteiger partial charge in [0.1, 0.15) is 5.65 Å². The number of anilines is 1. The van der Waals surface area contributed by atoms with E-state index in [4.69, 9.17) is 4.74 Å². The van der Waals surface area contributed by atoms with Gasteiger partial charge in [0.2, 0.25) is 10.0 Å². The van der Waals surface area contributed by atoms with Gasteiger partial charge >= 0.3 is 5.97 Å². The topological polar surface area (TPSA) is 110 Å². The van der Waals surface area contributed by atoms with Gasteiger partial charge in [-0.15, -0.1) is 0 Å². The molecule has 180 valence electrons. The number of amides is 1. The minimum absolute atomic E-state index is 0.109. The molecular formula is C24H28N4O5S. The van der Waals surface area contributed by atoms with Gasteiger partial charge in [-0.05, 0) is 61.6 Å². The first kappa shape index (κ1) is 23.9. The van der Waals surface area contributed by atoms with Crippen LogP contribution in [0.2, 0.25) is 0 Å². The minimum Gasteiger partial charge on any atom is -0.451 e. The summed E-state index contributed by atoms with van der Waals surface area (Å²) < 4.78 is 34.3. The second-order valence-electron chi connectivity index (χ2n) is 8.94. The normalized spacial score (nSPS) is 19.1. The van der Waals surface area contributed by atoms with Crippen molar-refractivity contribution in [2.24, 2.45) is 11.8 Å². The zero-order chi connectivity index (χ0) is 24.5. The number of carbonyl (C=O) groups excluding carboxylic acids is 2. The molecule has 3 heterocycles. The number of nitrogens with zero attached hydrogens (tertiary/aromatic N) is 3. The highest BCUT2D eigenvalue weighted by atomic mass is 32.2. The number of nitrogens with one attached hydrogen (secondary N) is 1. The molecule has 1 aliphatic rings. The first-order valence-electron chi connectivity index (χ1n) is 11.2. The van der Waals surface area contributed by atoms with E-state index in [1.54, 1.807) is 16.7 Å². The fraction of sp³-hybridized carbons (Fsp3) is 0.375. The molecule has 0 radical (unpaired) electrons. The van der Waals surface area contributed by atoms with Gasteiger partial charge in [-0.2, -0.15) is 4.31 Å². The van der Waals surface area contributed by atoms with E-state index in [1.165, 1.54) is 28.6 Å². The molecule has 2 unspecified atom stereocenters. The second-order valence-corrected chi connectivity index (χ2v) is 10.9. The SMILES string of the molecule is Cc1cccc2nc(C(=O)OCC(=O)Nc3ccc(S(=O)(=O)N4CC(C)CC(C)C4)cc3)cn12. The predicted molar refractivity (Wildman–Crippen MR) is 127 cm³/mol. The molecule has 4 rings (SSSR count). The van der Waals surface area contributed by atoms with E-state index in [0.29, 0.717) is 36.3 Å². The average molecular weight is 485 g/mol. The van der Waals surface area contributed by atoms with Gasteiger partial charge in [0.05, 0.1) is 4.90 Å². The maximum atomic E-state index is 13.0. The quantitative estimate of drug-likeness (QED) is 0.539. The van der Waals surface area contributed by atoms with Crippen molar-refractivity contribution in [2.45, 2.75) is 32.1 Å². The van der Waals surface area contributed by atoms with Crippen LogP contribution in [0.3, 0.4) is 0 Å². The van der Waals surface area contributed by atoms with E-state index in [1.807, 2.05) is 19.1 Å². The largest absolute Gasteiger partial charge is 0.451 e. The summed E-state index contributed by atoms with van der Waals surface area (Å²) >= 11 is 0. The Kier molecular flexibility index (Phi) is 6.72. The third-order valence-electron chi connectivity index (χ3n) is 5.85. The van der Waals surface area contributed by atoms with Crippen molar-refractivity contribution in [3.8, 4) is 0 Å². The molecule has 1 amide bonds. The molecule has 1 saturated heterocycles. The molecule has 34 heavy (non-hydrogen) atoms. The lowest BCUT2D eigenvalue weighted by molar-refractivity contribution is -0.119. The fourth-order valence-electron chi connectivity index (χ4n) is 4.31. The van der Waals surface area contributed by atoms with Crippen LogP contribution >= 0.6 is 0 Å². The number of aromatic nitrogens is 2. The Morgan fingerprint density at radius 2 is 1.76 bits per heavy atom. The van der Waals surface area contributed by atoms with E-state index >= 15 is 0 Å². The smallest absolute Gasteiger partial charge is 0.359 e. The lowest BCUT2D eigenvalue weighted by Gasteiger charge is -2.34. The van der Waals surface area contributed by atoms with Gasteiger partial charge in [-0.1, -0.05) is 19.9 Å². The number of aryl methyl sites for hydroxylation is 1. The van der Waals surface area contributed by atoms with Crippen molar-refractivity contribution in [1.82, 2.24) is 13.7 Å². The van der Waals surface area contributed by atoms with Crippen LogP contribution < -0.4 is 5.32 Å². The second kappa shape index (κ2) is 9.55. The number of ether oxygens (including phenoxy) is 1. The van der Waals surface area contributed by atoms with Crippen LogP contribution in [-0.4, -0.2) is 53.7 Å². The Bertz CT molecular complexity index is 1310. The summed E-state index contributed by atoms with van der Waals surface area (Å²) in [6.07, 6.45) is 2.58. The summed E-state index contributed by atoms with van der Waals surface area (Å²) in [4.78, 5) is 28.9. The fourth-order valence-corrected chi connectivity index (χ4v) is 5.99. The zero-order valence-corrected chi connectivity index (χ0v) is 20.2. The zero-order valence-electron chi connectivity index (χ0n) is 19.4. The number of sulfonamides is 1. The standard InChI is InChI=1S/C24H28N4O5S/c1-16-11-17(2)13-27(12-16)34(31,32)20-9-7-19(8-10-20)25-23(29)15-33-24(30)21-14-28-18(3)5-4-6-22(28)26-21/h4-10,14,16-17H,11-13,15H2,1-3H3,(H,25,29). The maximum absolute atomic E-state index is 13.0. The Balaban J connectivity index is 1.34. The molecule has 2 aromatic heterocycles. The van der Waals surface area contributed by atoms with Crippen LogP contribution in [0, 0.1) is 18.8 Å². The maximum Gasteiger partial charge on any atom is 0.359 e. The number of carbonyl (C=O) groups is 2. The number of rotatable bonds is 6. The summed E-state index contributed by atoms with van der Waals surface area (Å²) in [6.45, 7) is 6.51. The predicted octanol–water partition coefficient (Wildman–Crippen LogP) is 3.10. The van der Waals surface area contributed by atoms with Crippen LogP contribution in [0.15, 0.2) is 53.6 Å². The number of fused-ring (bicyclic) bond motifs is 1. The molecule has 2 atom stereocenters. The molecule has 10 heteroatoms. The van der Waals surface area contributed by atoms with Gasteiger partial charge < -0.3 is 14.5 Å². The van der Waals surface area contributed by atoms with E-state index < -0.39 is 28.5 Å². The van der Waals surface area contributed by atoms with Gasteiger partial charge in [0.25, 0.3) is 5.91 Å². The van der Waals surface area contributed by atoms with E-state index in [-0.39, 0.29) is 10.6 Å². The number of pyridine rings is 1. The molecule has 3 aromatic rings. The summed E-state index contributed by atoms with van der Waals surface area (Å²) in [7, 11) is -3.60. The third-order valence-corrected chi connectivity index (χ3v) is 7.70. The molecule has 1 fully saturated rings. The van der Waals surface area contributed by atoms with Gasteiger partial charge in [-0.25, -0.2) is 18.2 Å². The molecule has 1 aromatic carbocycles. The first-order valence-corrected chi connectivity index (χ1v) is 12.6. The Morgan fingerprint density at radius 1 is 1.09 bits per heavy atom. The molecular weight excluding hydrogens is 456 g/mol. The molecule has 0 spiro atoms. The van der Waals surface area contributed by atoms with E-state index in [9.17, 15) is 18.0 Å². The van der Waals surface area contributed by atoms with E-state index in [0.717, 1.165) is 12.1 Å². The molecule has 0 saturated carbocycles. The average Bonchev–Trinajstić information content (AvgIpc) is 3.23. The number of benzene rings is 1. The lowest BCUT2D eigenvalue weighted by atomic mass is 9.94. The number of esters is 1. The van der Waals surface area contributed by atoms with Gasteiger partial charge in [-0.3, -0.25) is 4.79 Å². The van der Waals surface area contributed by atoms with Crippen molar-refractivity contribution in [2.75, 3.05) is 25.0 Å². The number of piperidine rings is 1. The monoisotopic (exact) mass is 484 g/mol. The van der Waals surface area contributed by atoms with Gasteiger partial charge in [0, 0.05) is 30.7 Å². The summed E-state index contributed by atoms with van der Waals surface area (Å²) in [5.74, 6) is -0.624. The summed E-state index contributed by atoms with van der Waals surface area (Å²) in [6, 6.07) is 11.5. The first-order chi connectivity index (χ1) is 16.1. The van der Waals surface area contributed by atoms with E-state index in [2.05, 4.69) is 24.1 Å². The van der Waals surface area contributed by atoms with Crippen molar-refractivity contribution in [3.63, 3.8) is 0 Å². The highest BCUT2D eigenvalue weighted by molar-refractivity contribution is 7.89. The van der Waals surface area contributed by atoms with Gasteiger partial charge in [0.15, 0.2) is 12.3 Å². The highest BCUT2D eigenvalue weighted by Crippen LogP contribution is 2.27. The Morgan fingerprint density at radius 3 is 2.41 bits per heavy atom. The van der Waals surface area contributed by atoms with Crippen LogP contribution in [0.5, 0.6) is 0 Å². The van der Waals surface area contributed by atoms with Crippen LogP contribution in [0.1, 0.15) is 36.5 Å². The lowest BCUT2D eigenvalue weighted by Crippen LogP contribution is -2.42. The molecule has 9 nitrogen and oxygen atoms in total. The van der Waals surface area contributed by atoms with Crippen molar-refractivity contribution in [3.05, 3.63) is 60.0 Å². The van der Waals surface area contributed by atoms with Crippen molar-refractivity contribution in [1.29, 1.82) is 0 Å².